The molecule has 0 spiro atoms. The van der Waals surface area contributed by atoms with Crippen molar-refractivity contribution >= 4 is 32.7 Å². The van der Waals surface area contributed by atoms with E-state index in [4.69, 9.17) is 0 Å². The number of rotatable bonds is 6. The van der Waals surface area contributed by atoms with Gasteiger partial charge in [-0.25, -0.2) is 13.4 Å². The van der Waals surface area contributed by atoms with Crippen molar-refractivity contribution in [3.63, 3.8) is 0 Å². The van der Waals surface area contributed by atoms with Gasteiger partial charge in [0.2, 0.25) is 0 Å². The Morgan fingerprint density at radius 2 is 2.08 bits per heavy atom. The Bertz CT molecular complexity index is 776. The smallest absolute Gasteiger partial charge is 0.252 e. The molecule has 2 aromatic rings. The maximum absolute atomic E-state index is 13.2. The quantitative estimate of drug-likeness (QED) is 0.828. The Labute approximate surface area is 151 Å². The molecule has 0 saturated carbocycles. The van der Waals surface area contributed by atoms with E-state index in [1.807, 2.05) is 25.3 Å². The second-order valence-corrected chi connectivity index (χ2v) is 10.2. The molecule has 1 aliphatic rings. The number of sulfonamides is 1. The van der Waals surface area contributed by atoms with E-state index in [-0.39, 0.29) is 6.04 Å². The second-order valence-electron chi connectivity index (χ2n) is 5.97. The largest absolute Gasteiger partial charge is 0.317 e. The van der Waals surface area contributed by atoms with E-state index in [1.165, 1.54) is 11.3 Å². The maximum Gasteiger partial charge on any atom is 0.252 e. The molecule has 0 atom stereocenters. The van der Waals surface area contributed by atoms with Gasteiger partial charge in [-0.1, -0.05) is 6.92 Å². The van der Waals surface area contributed by atoms with Crippen LogP contribution < -0.4 is 5.32 Å². The number of hydrogen-bond donors (Lipinski definition) is 1. The van der Waals surface area contributed by atoms with Gasteiger partial charge in [0, 0.05) is 18.0 Å². The summed E-state index contributed by atoms with van der Waals surface area (Å²) in [7, 11) is -3.44. The molecular weight excluding hydrogens is 362 g/mol. The number of nitrogens with one attached hydrogen (secondary N) is 1. The van der Waals surface area contributed by atoms with E-state index >= 15 is 0 Å². The molecule has 2 aromatic heterocycles. The monoisotopic (exact) mass is 385 g/mol. The fraction of sp³-hybridized carbons (Fsp3) is 0.562. The van der Waals surface area contributed by atoms with E-state index in [0.717, 1.165) is 47.9 Å². The highest BCUT2D eigenvalue weighted by molar-refractivity contribution is 7.91. The van der Waals surface area contributed by atoms with Crippen molar-refractivity contribution in [2.75, 3.05) is 19.6 Å². The molecule has 0 bridgehead atoms. The van der Waals surface area contributed by atoms with Gasteiger partial charge in [0.05, 0.1) is 15.6 Å². The number of aryl methyl sites for hydroxylation is 1. The molecule has 0 aromatic carbocycles. The summed E-state index contributed by atoms with van der Waals surface area (Å²) in [5.41, 5.74) is 0.868. The third kappa shape index (κ3) is 3.72. The minimum atomic E-state index is -3.44. The molecule has 5 nitrogen and oxygen atoms in total. The van der Waals surface area contributed by atoms with Crippen LogP contribution in [0.3, 0.4) is 0 Å². The second kappa shape index (κ2) is 7.61. The number of piperidine rings is 1. The van der Waals surface area contributed by atoms with Crippen molar-refractivity contribution < 1.29 is 8.42 Å². The Balaban J connectivity index is 1.88. The summed E-state index contributed by atoms with van der Waals surface area (Å²) in [5.74, 6) is 0. The lowest BCUT2D eigenvalue weighted by Gasteiger charge is -2.33. The van der Waals surface area contributed by atoms with Gasteiger partial charge in [0.15, 0.2) is 0 Å². The van der Waals surface area contributed by atoms with E-state index < -0.39 is 10.0 Å². The van der Waals surface area contributed by atoms with Crippen LogP contribution in [0.4, 0.5) is 0 Å². The average Bonchev–Trinajstić information content (AvgIpc) is 3.22. The van der Waals surface area contributed by atoms with Gasteiger partial charge >= 0.3 is 0 Å². The number of hydrogen-bond acceptors (Lipinski definition) is 6. The van der Waals surface area contributed by atoms with Crippen molar-refractivity contribution in [3.05, 3.63) is 22.5 Å². The van der Waals surface area contributed by atoms with Crippen molar-refractivity contribution in [3.8, 4) is 10.6 Å². The highest BCUT2D eigenvalue weighted by atomic mass is 32.2. The van der Waals surface area contributed by atoms with Crippen LogP contribution in [0, 0.1) is 6.92 Å². The van der Waals surface area contributed by atoms with Gasteiger partial charge in [0.25, 0.3) is 10.0 Å². The molecule has 0 amide bonds. The lowest BCUT2D eigenvalue weighted by atomic mass is 10.1. The maximum atomic E-state index is 13.2. The van der Waals surface area contributed by atoms with Crippen LogP contribution in [-0.4, -0.2) is 43.4 Å². The van der Waals surface area contributed by atoms with Crippen LogP contribution in [0.1, 0.15) is 31.2 Å². The molecule has 24 heavy (non-hydrogen) atoms. The molecule has 1 aliphatic heterocycles. The number of nitrogens with zero attached hydrogens (tertiary/aromatic N) is 2. The minimum absolute atomic E-state index is 0.100. The summed E-state index contributed by atoms with van der Waals surface area (Å²) in [5, 5.41) is 6.28. The molecule has 0 aliphatic carbocycles. The van der Waals surface area contributed by atoms with Crippen LogP contribution in [0.5, 0.6) is 0 Å². The Morgan fingerprint density at radius 1 is 1.33 bits per heavy atom. The molecule has 8 heteroatoms. The van der Waals surface area contributed by atoms with Crippen molar-refractivity contribution in [1.29, 1.82) is 0 Å². The lowest BCUT2D eigenvalue weighted by molar-refractivity contribution is 0.263. The Hall–Kier alpha value is -0.800. The first-order chi connectivity index (χ1) is 11.5. The summed E-state index contributed by atoms with van der Waals surface area (Å²) in [6.45, 7) is 6.33. The Kier molecular flexibility index (Phi) is 5.71. The zero-order chi connectivity index (χ0) is 17.2. The highest BCUT2D eigenvalue weighted by Crippen LogP contribution is 2.34. The van der Waals surface area contributed by atoms with E-state index in [1.54, 1.807) is 21.7 Å². The lowest BCUT2D eigenvalue weighted by Crippen LogP contribution is -2.46. The third-order valence-corrected chi connectivity index (χ3v) is 8.48. The first-order valence-corrected chi connectivity index (χ1v) is 11.4. The number of thiophene rings is 1. The van der Waals surface area contributed by atoms with Gasteiger partial charge in [-0.05, 0) is 51.4 Å². The summed E-state index contributed by atoms with van der Waals surface area (Å²) >= 11 is 2.91. The molecule has 1 fully saturated rings. The summed E-state index contributed by atoms with van der Waals surface area (Å²) < 4.78 is 28.5. The molecule has 3 rings (SSSR count). The van der Waals surface area contributed by atoms with E-state index in [2.05, 4.69) is 10.3 Å². The van der Waals surface area contributed by atoms with Crippen LogP contribution in [-0.2, 0) is 10.0 Å². The molecule has 1 N–H and O–H groups in total. The zero-order valence-electron chi connectivity index (χ0n) is 14.0. The highest BCUT2D eigenvalue weighted by Gasteiger charge is 2.32. The van der Waals surface area contributed by atoms with E-state index in [9.17, 15) is 8.42 Å². The first kappa shape index (κ1) is 18.0. The Morgan fingerprint density at radius 3 is 2.71 bits per heavy atom. The summed E-state index contributed by atoms with van der Waals surface area (Å²) in [4.78, 5) is 5.38. The topological polar surface area (TPSA) is 62.3 Å². The summed E-state index contributed by atoms with van der Waals surface area (Å²) in [6, 6.07) is 3.70. The molecule has 0 unspecified atom stereocenters. The van der Waals surface area contributed by atoms with Crippen molar-refractivity contribution in [2.45, 2.75) is 43.4 Å². The average molecular weight is 386 g/mol. The number of aromatic nitrogens is 1. The SMILES string of the molecule is CCCN(C1CCNCC1)S(=O)(=O)c1ccc(-c2csc(C)n2)s1. The minimum Gasteiger partial charge on any atom is -0.317 e. The van der Waals surface area contributed by atoms with Crippen LogP contribution in [0.15, 0.2) is 21.7 Å². The van der Waals surface area contributed by atoms with Crippen molar-refractivity contribution in [1.82, 2.24) is 14.6 Å². The van der Waals surface area contributed by atoms with Gasteiger partial charge in [-0.15, -0.1) is 22.7 Å². The van der Waals surface area contributed by atoms with Crippen molar-refractivity contribution in [2.24, 2.45) is 0 Å². The molecule has 1 saturated heterocycles. The number of thiazole rings is 1. The van der Waals surface area contributed by atoms with E-state index in [0.29, 0.717) is 10.8 Å². The fourth-order valence-electron chi connectivity index (χ4n) is 3.00. The third-order valence-electron chi connectivity index (χ3n) is 4.18. The van der Waals surface area contributed by atoms with Gasteiger partial charge in [0.1, 0.15) is 4.21 Å². The first-order valence-electron chi connectivity index (χ1n) is 8.27. The van der Waals surface area contributed by atoms with Gasteiger partial charge in [-0.3, -0.25) is 0 Å². The summed E-state index contributed by atoms with van der Waals surface area (Å²) in [6.07, 6.45) is 2.58. The fourth-order valence-corrected chi connectivity index (χ4v) is 6.86. The molecular formula is C16H23N3O2S3. The predicted octanol–water partition coefficient (Wildman–Crippen LogP) is 3.33. The molecule has 3 heterocycles. The van der Waals surface area contributed by atoms with Crippen LogP contribution in [0.2, 0.25) is 0 Å². The zero-order valence-corrected chi connectivity index (χ0v) is 16.4. The normalized spacial score (nSPS) is 16.8. The van der Waals surface area contributed by atoms with Crippen LogP contribution >= 0.6 is 22.7 Å². The predicted molar refractivity (Wildman–Crippen MR) is 100 cm³/mol. The van der Waals surface area contributed by atoms with Gasteiger partial charge in [-0.2, -0.15) is 4.31 Å². The van der Waals surface area contributed by atoms with Crippen LogP contribution in [0.25, 0.3) is 10.6 Å². The molecule has 132 valence electrons. The van der Waals surface area contributed by atoms with Gasteiger partial charge < -0.3 is 5.32 Å². The standard InChI is InChI=1S/C16H23N3O2S3/c1-3-10-19(13-6-8-17-9-7-13)24(20,21)16-5-4-15(23-16)14-11-22-12(2)18-14/h4-5,11,13,17H,3,6-10H2,1-2H3. The molecule has 0 radical (unpaired) electrons.